The van der Waals surface area contributed by atoms with Gasteiger partial charge in [0.25, 0.3) is 5.91 Å². The highest BCUT2D eigenvalue weighted by Gasteiger charge is 2.26. The molecule has 0 spiro atoms. The molecule has 0 unspecified atom stereocenters. The van der Waals surface area contributed by atoms with Gasteiger partial charge in [0.1, 0.15) is 0 Å². The van der Waals surface area contributed by atoms with Gasteiger partial charge < -0.3 is 14.7 Å². The number of nitrogens with zero attached hydrogens (tertiary/aromatic N) is 1. The van der Waals surface area contributed by atoms with Crippen LogP contribution in [-0.2, 0) is 9.53 Å². The van der Waals surface area contributed by atoms with Crippen LogP contribution in [0.1, 0.15) is 29.8 Å². The van der Waals surface area contributed by atoms with E-state index in [4.69, 9.17) is 9.84 Å². The lowest BCUT2D eigenvalue weighted by molar-refractivity contribution is -0.131. The van der Waals surface area contributed by atoms with E-state index >= 15 is 0 Å². The smallest absolute Gasteiger partial charge is 0.328 e. The third kappa shape index (κ3) is 4.16. The van der Waals surface area contributed by atoms with Crippen LogP contribution in [0.3, 0.4) is 0 Å². The molecule has 1 aromatic rings. The Morgan fingerprint density at radius 2 is 1.95 bits per heavy atom. The zero-order valence-electron chi connectivity index (χ0n) is 12.2. The minimum absolute atomic E-state index is 0.0211. The molecule has 5 heteroatoms. The molecule has 1 aliphatic rings. The number of amides is 1. The van der Waals surface area contributed by atoms with Crippen molar-refractivity contribution in [2.45, 2.75) is 26.1 Å². The van der Waals surface area contributed by atoms with E-state index < -0.39 is 5.97 Å². The number of aliphatic carboxylic acids is 1. The summed E-state index contributed by atoms with van der Waals surface area (Å²) in [5, 5.41) is 8.64. The van der Waals surface area contributed by atoms with Gasteiger partial charge in [0, 0.05) is 24.7 Å². The first-order valence-corrected chi connectivity index (χ1v) is 6.91. The number of ether oxygens (including phenoxy) is 1. The van der Waals surface area contributed by atoms with Crippen molar-refractivity contribution in [3.05, 3.63) is 41.5 Å². The molecule has 1 saturated heterocycles. The van der Waals surface area contributed by atoms with Gasteiger partial charge in [-0.15, -0.1) is 0 Å². The number of hydrogen-bond donors (Lipinski definition) is 1. The van der Waals surface area contributed by atoms with E-state index in [1.54, 1.807) is 29.2 Å². The average molecular weight is 289 g/mol. The van der Waals surface area contributed by atoms with Gasteiger partial charge in [-0.2, -0.15) is 0 Å². The molecule has 21 heavy (non-hydrogen) atoms. The summed E-state index contributed by atoms with van der Waals surface area (Å²) in [7, 11) is 0. The Labute approximate surface area is 123 Å². The number of carboxylic acids is 1. The molecule has 0 radical (unpaired) electrons. The van der Waals surface area contributed by atoms with E-state index in [0.717, 1.165) is 6.08 Å². The summed E-state index contributed by atoms with van der Waals surface area (Å²) < 4.78 is 5.62. The number of carbonyl (C=O) groups excluding carboxylic acids is 1. The van der Waals surface area contributed by atoms with Gasteiger partial charge in [0.05, 0.1) is 12.2 Å². The summed E-state index contributed by atoms with van der Waals surface area (Å²) in [5.74, 6) is -1.06. The molecule has 0 saturated carbocycles. The molecule has 1 aromatic carbocycles. The second-order valence-electron chi connectivity index (χ2n) is 5.26. The molecule has 0 bridgehead atoms. The summed E-state index contributed by atoms with van der Waals surface area (Å²) >= 11 is 0. The van der Waals surface area contributed by atoms with E-state index in [9.17, 15) is 9.59 Å². The van der Waals surface area contributed by atoms with Crippen molar-refractivity contribution in [1.82, 2.24) is 4.90 Å². The fourth-order valence-electron chi connectivity index (χ4n) is 2.47. The van der Waals surface area contributed by atoms with Crippen LogP contribution in [0.25, 0.3) is 6.08 Å². The average Bonchev–Trinajstić information content (AvgIpc) is 2.43. The molecule has 112 valence electrons. The van der Waals surface area contributed by atoms with Gasteiger partial charge in [-0.1, -0.05) is 12.1 Å². The number of morpholine rings is 1. The van der Waals surface area contributed by atoms with Gasteiger partial charge in [0.2, 0.25) is 0 Å². The third-order valence-corrected chi connectivity index (χ3v) is 3.26. The zero-order valence-corrected chi connectivity index (χ0v) is 12.2. The van der Waals surface area contributed by atoms with Crippen molar-refractivity contribution in [2.24, 2.45) is 0 Å². The molecule has 1 aliphatic heterocycles. The van der Waals surface area contributed by atoms with Crippen molar-refractivity contribution < 1.29 is 19.4 Å². The quantitative estimate of drug-likeness (QED) is 0.865. The second-order valence-corrected chi connectivity index (χ2v) is 5.26. The lowest BCUT2D eigenvalue weighted by Gasteiger charge is -2.35. The lowest BCUT2D eigenvalue weighted by atomic mass is 10.1. The SMILES string of the molecule is C[C@@H]1CN(C(=O)c2cccc(/C=C/C(=O)O)c2)C[C@H](C)O1. The van der Waals surface area contributed by atoms with Crippen LogP contribution in [0.5, 0.6) is 0 Å². The number of rotatable bonds is 3. The maximum atomic E-state index is 12.5. The Kier molecular flexibility index (Phi) is 4.75. The van der Waals surface area contributed by atoms with Crippen LogP contribution in [0.15, 0.2) is 30.3 Å². The van der Waals surface area contributed by atoms with Gasteiger partial charge in [0.15, 0.2) is 0 Å². The fourth-order valence-corrected chi connectivity index (χ4v) is 2.47. The number of carbonyl (C=O) groups is 2. The van der Waals surface area contributed by atoms with E-state index in [0.29, 0.717) is 24.2 Å². The molecule has 1 N–H and O–H groups in total. The first-order valence-electron chi connectivity index (χ1n) is 6.91. The van der Waals surface area contributed by atoms with E-state index in [-0.39, 0.29) is 18.1 Å². The largest absolute Gasteiger partial charge is 0.478 e. The first-order chi connectivity index (χ1) is 9.95. The summed E-state index contributed by atoms with van der Waals surface area (Å²) in [5.41, 5.74) is 1.25. The summed E-state index contributed by atoms with van der Waals surface area (Å²) in [6.45, 7) is 5.03. The first kappa shape index (κ1) is 15.3. The molecule has 2 rings (SSSR count). The number of benzene rings is 1. The molecule has 2 atom stereocenters. The molecule has 1 amide bonds. The topological polar surface area (TPSA) is 66.8 Å². The van der Waals surface area contributed by atoms with Gasteiger partial charge in [-0.05, 0) is 37.6 Å². The van der Waals surface area contributed by atoms with Crippen molar-refractivity contribution in [3.63, 3.8) is 0 Å². The highest BCUT2D eigenvalue weighted by atomic mass is 16.5. The van der Waals surface area contributed by atoms with Crippen molar-refractivity contribution in [3.8, 4) is 0 Å². The Morgan fingerprint density at radius 1 is 1.29 bits per heavy atom. The summed E-state index contributed by atoms with van der Waals surface area (Å²) in [6, 6.07) is 6.96. The summed E-state index contributed by atoms with van der Waals surface area (Å²) in [6.07, 6.45) is 2.58. The predicted octanol–water partition coefficient (Wildman–Crippen LogP) is 2.03. The van der Waals surface area contributed by atoms with E-state index in [2.05, 4.69) is 0 Å². The minimum Gasteiger partial charge on any atom is -0.478 e. The molecule has 5 nitrogen and oxygen atoms in total. The Bertz CT molecular complexity index is 557. The summed E-state index contributed by atoms with van der Waals surface area (Å²) in [4.78, 5) is 24.8. The van der Waals surface area contributed by atoms with Gasteiger partial charge in [-0.25, -0.2) is 4.79 Å². The zero-order chi connectivity index (χ0) is 15.4. The van der Waals surface area contributed by atoms with Crippen LogP contribution in [0.2, 0.25) is 0 Å². The molecule has 0 aromatic heterocycles. The molecular weight excluding hydrogens is 270 g/mol. The normalized spacial score (nSPS) is 22.5. The van der Waals surface area contributed by atoms with Gasteiger partial charge in [-0.3, -0.25) is 4.79 Å². The monoisotopic (exact) mass is 289 g/mol. The van der Waals surface area contributed by atoms with Crippen LogP contribution < -0.4 is 0 Å². The van der Waals surface area contributed by atoms with Crippen LogP contribution >= 0.6 is 0 Å². The molecule has 1 heterocycles. The van der Waals surface area contributed by atoms with E-state index in [1.165, 1.54) is 6.08 Å². The Hall–Kier alpha value is -2.14. The van der Waals surface area contributed by atoms with Crippen molar-refractivity contribution in [1.29, 1.82) is 0 Å². The van der Waals surface area contributed by atoms with E-state index in [1.807, 2.05) is 13.8 Å². The van der Waals surface area contributed by atoms with Gasteiger partial charge >= 0.3 is 5.97 Å². The third-order valence-electron chi connectivity index (χ3n) is 3.26. The van der Waals surface area contributed by atoms with Crippen LogP contribution in [-0.4, -0.2) is 47.2 Å². The highest BCUT2D eigenvalue weighted by Crippen LogP contribution is 2.15. The highest BCUT2D eigenvalue weighted by molar-refractivity contribution is 5.95. The predicted molar refractivity (Wildman–Crippen MR) is 79.0 cm³/mol. The van der Waals surface area contributed by atoms with Crippen molar-refractivity contribution in [2.75, 3.05) is 13.1 Å². The standard InChI is InChI=1S/C16H19NO4/c1-11-9-17(10-12(2)21-11)16(20)14-5-3-4-13(8-14)6-7-15(18)19/h3-8,11-12H,9-10H2,1-2H3,(H,18,19)/b7-6+/t11-,12+. The maximum absolute atomic E-state index is 12.5. The molecule has 1 fully saturated rings. The fraction of sp³-hybridized carbons (Fsp3) is 0.375. The number of hydrogen-bond acceptors (Lipinski definition) is 3. The molecule has 0 aliphatic carbocycles. The Balaban J connectivity index is 2.15. The minimum atomic E-state index is -1.01. The second kappa shape index (κ2) is 6.54. The molecular formula is C16H19NO4. The van der Waals surface area contributed by atoms with Crippen LogP contribution in [0.4, 0.5) is 0 Å². The Morgan fingerprint density at radius 3 is 2.57 bits per heavy atom. The van der Waals surface area contributed by atoms with Crippen LogP contribution in [0, 0.1) is 0 Å². The number of carboxylic acid groups (broad SMARTS) is 1. The lowest BCUT2D eigenvalue weighted by Crippen LogP contribution is -2.48. The van der Waals surface area contributed by atoms with Crippen molar-refractivity contribution >= 4 is 18.0 Å². The maximum Gasteiger partial charge on any atom is 0.328 e.